The Labute approximate surface area is 121 Å². The van der Waals surface area contributed by atoms with Crippen LogP contribution in [0.1, 0.15) is 12.5 Å². The van der Waals surface area contributed by atoms with Crippen LogP contribution in [0.2, 0.25) is 0 Å². The van der Waals surface area contributed by atoms with Crippen molar-refractivity contribution < 1.29 is 13.2 Å². The summed E-state index contributed by atoms with van der Waals surface area (Å²) in [6.45, 7) is 5.60. The standard InChI is InChI=1S/C12H20N2O3S.ClH/c1-4-13-7-8-14-18(15,16)11-5-6-12(17-3)10(2)9-11;/h5-6,9,13-14H,4,7-8H2,1-3H3;1H. The zero-order valence-electron chi connectivity index (χ0n) is 11.4. The molecule has 1 rings (SSSR count). The van der Waals surface area contributed by atoms with Crippen molar-refractivity contribution in [2.75, 3.05) is 26.7 Å². The molecule has 0 amide bonds. The molecule has 2 N–H and O–H groups in total. The van der Waals surface area contributed by atoms with Crippen LogP contribution in [0.5, 0.6) is 5.75 Å². The van der Waals surface area contributed by atoms with E-state index in [2.05, 4.69) is 10.0 Å². The zero-order chi connectivity index (χ0) is 13.6. The number of methoxy groups -OCH3 is 1. The fourth-order valence-electron chi connectivity index (χ4n) is 1.55. The lowest BCUT2D eigenvalue weighted by atomic mass is 10.2. The number of hydrogen-bond donors (Lipinski definition) is 2. The Bertz CT molecular complexity index is 492. The number of ether oxygens (including phenoxy) is 1. The van der Waals surface area contributed by atoms with Gasteiger partial charge < -0.3 is 10.1 Å². The number of sulfonamides is 1. The van der Waals surface area contributed by atoms with Gasteiger partial charge in [-0.1, -0.05) is 6.92 Å². The topological polar surface area (TPSA) is 67.4 Å². The average Bonchev–Trinajstić information content (AvgIpc) is 2.34. The minimum atomic E-state index is -3.43. The summed E-state index contributed by atoms with van der Waals surface area (Å²) < 4.78 is 31.6. The molecule has 5 nitrogen and oxygen atoms in total. The van der Waals surface area contributed by atoms with Crippen LogP contribution in [0.3, 0.4) is 0 Å². The molecule has 0 bridgehead atoms. The van der Waals surface area contributed by atoms with E-state index in [9.17, 15) is 8.42 Å². The second-order valence-electron chi connectivity index (χ2n) is 3.88. The third-order valence-electron chi connectivity index (χ3n) is 2.52. The van der Waals surface area contributed by atoms with Gasteiger partial charge in [0, 0.05) is 13.1 Å². The highest BCUT2D eigenvalue weighted by atomic mass is 35.5. The Kier molecular flexibility index (Phi) is 8.01. The minimum absolute atomic E-state index is 0. The molecule has 0 unspecified atom stereocenters. The number of aryl methyl sites for hydroxylation is 1. The number of rotatable bonds is 7. The van der Waals surface area contributed by atoms with Crippen molar-refractivity contribution >= 4 is 22.4 Å². The molecular formula is C12H21ClN2O3S. The lowest BCUT2D eigenvalue weighted by molar-refractivity contribution is 0.411. The Morgan fingerprint density at radius 2 is 1.95 bits per heavy atom. The zero-order valence-corrected chi connectivity index (χ0v) is 13.0. The summed E-state index contributed by atoms with van der Waals surface area (Å²) >= 11 is 0. The van der Waals surface area contributed by atoms with Crippen molar-refractivity contribution in [2.24, 2.45) is 0 Å². The van der Waals surface area contributed by atoms with Crippen LogP contribution in [0, 0.1) is 6.92 Å². The quantitative estimate of drug-likeness (QED) is 0.745. The molecule has 1 aromatic carbocycles. The van der Waals surface area contributed by atoms with Crippen molar-refractivity contribution in [1.29, 1.82) is 0 Å². The van der Waals surface area contributed by atoms with Gasteiger partial charge in [0.05, 0.1) is 12.0 Å². The van der Waals surface area contributed by atoms with E-state index in [4.69, 9.17) is 4.74 Å². The maximum atomic E-state index is 12.0. The predicted octanol–water partition coefficient (Wildman–Crippen LogP) is 1.31. The van der Waals surface area contributed by atoms with Crippen LogP contribution in [0.25, 0.3) is 0 Å². The molecule has 0 aliphatic carbocycles. The lowest BCUT2D eigenvalue weighted by Crippen LogP contribution is -2.31. The molecule has 1 aromatic rings. The fourth-order valence-corrected chi connectivity index (χ4v) is 2.67. The molecule has 110 valence electrons. The number of hydrogen-bond acceptors (Lipinski definition) is 4. The lowest BCUT2D eigenvalue weighted by Gasteiger charge is -2.09. The molecule has 0 spiro atoms. The van der Waals surface area contributed by atoms with Gasteiger partial charge in [0.1, 0.15) is 5.75 Å². The summed E-state index contributed by atoms with van der Waals surface area (Å²) in [5, 5.41) is 3.05. The number of likely N-dealkylation sites (N-methyl/N-ethyl adjacent to an activating group) is 1. The SMILES string of the molecule is CCNCCNS(=O)(=O)c1ccc(OC)c(C)c1.Cl. The van der Waals surface area contributed by atoms with Gasteiger partial charge in [-0.2, -0.15) is 0 Å². The van der Waals surface area contributed by atoms with Gasteiger partial charge >= 0.3 is 0 Å². The number of benzene rings is 1. The Hall–Kier alpha value is -0.820. The first-order valence-electron chi connectivity index (χ1n) is 5.86. The molecule has 0 aromatic heterocycles. The van der Waals surface area contributed by atoms with Crippen LogP contribution in [-0.2, 0) is 10.0 Å². The van der Waals surface area contributed by atoms with Gasteiger partial charge in [-0.3, -0.25) is 0 Å². The Morgan fingerprint density at radius 3 is 2.47 bits per heavy atom. The van der Waals surface area contributed by atoms with E-state index in [0.29, 0.717) is 18.8 Å². The van der Waals surface area contributed by atoms with Gasteiger partial charge in [0.15, 0.2) is 0 Å². The number of halogens is 1. The van der Waals surface area contributed by atoms with Crippen molar-refractivity contribution in [2.45, 2.75) is 18.7 Å². The normalized spacial score (nSPS) is 10.9. The van der Waals surface area contributed by atoms with Gasteiger partial charge in [0.25, 0.3) is 0 Å². The molecule has 0 heterocycles. The largest absolute Gasteiger partial charge is 0.496 e. The Balaban J connectivity index is 0.00000324. The maximum Gasteiger partial charge on any atom is 0.240 e. The van der Waals surface area contributed by atoms with Crippen molar-refractivity contribution in [1.82, 2.24) is 10.0 Å². The van der Waals surface area contributed by atoms with E-state index < -0.39 is 10.0 Å². The second kappa shape index (κ2) is 8.37. The maximum absolute atomic E-state index is 12.0. The fraction of sp³-hybridized carbons (Fsp3) is 0.500. The molecule has 0 aliphatic rings. The molecule has 0 atom stereocenters. The molecule has 0 aliphatic heterocycles. The van der Waals surface area contributed by atoms with Gasteiger partial charge in [-0.25, -0.2) is 13.1 Å². The van der Waals surface area contributed by atoms with Crippen LogP contribution in [0.15, 0.2) is 23.1 Å². The van der Waals surface area contributed by atoms with E-state index in [1.165, 1.54) is 0 Å². The third-order valence-corrected chi connectivity index (χ3v) is 3.98. The first-order chi connectivity index (χ1) is 8.51. The van der Waals surface area contributed by atoms with E-state index in [-0.39, 0.29) is 17.3 Å². The molecule has 0 saturated heterocycles. The first kappa shape index (κ1) is 18.2. The predicted molar refractivity (Wildman–Crippen MR) is 78.7 cm³/mol. The molecule has 0 fully saturated rings. The van der Waals surface area contributed by atoms with E-state index >= 15 is 0 Å². The van der Waals surface area contributed by atoms with Gasteiger partial charge in [-0.15, -0.1) is 12.4 Å². The molecule has 0 radical (unpaired) electrons. The van der Waals surface area contributed by atoms with Gasteiger partial charge in [-0.05, 0) is 37.2 Å². The smallest absolute Gasteiger partial charge is 0.240 e. The van der Waals surface area contributed by atoms with E-state index in [1.54, 1.807) is 25.3 Å². The summed E-state index contributed by atoms with van der Waals surface area (Å²) in [6.07, 6.45) is 0. The number of nitrogens with one attached hydrogen (secondary N) is 2. The molecule has 0 saturated carbocycles. The summed E-state index contributed by atoms with van der Waals surface area (Å²) in [6, 6.07) is 4.81. The van der Waals surface area contributed by atoms with Crippen molar-refractivity contribution in [3.8, 4) is 5.75 Å². The summed E-state index contributed by atoms with van der Waals surface area (Å²) in [5.74, 6) is 0.682. The van der Waals surface area contributed by atoms with Crippen molar-refractivity contribution in [3.63, 3.8) is 0 Å². The van der Waals surface area contributed by atoms with Crippen LogP contribution in [0.4, 0.5) is 0 Å². The molecule has 19 heavy (non-hydrogen) atoms. The summed E-state index contributed by atoms with van der Waals surface area (Å²) in [5.41, 5.74) is 0.798. The van der Waals surface area contributed by atoms with E-state index in [0.717, 1.165) is 12.1 Å². The third kappa shape index (κ3) is 5.36. The van der Waals surface area contributed by atoms with E-state index in [1.807, 2.05) is 13.8 Å². The van der Waals surface area contributed by atoms with Crippen LogP contribution in [-0.4, -0.2) is 35.2 Å². The highest BCUT2D eigenvalue weighted by Gasteiger charge is 2.14. The Morgan fingerprint density at radius 1 is 1.26 bits per heavy atom. The second-order valence-corrected chi connectivity index (χ2v) is 5.65. The highest BCUT2D eigenvalue weighted by molar-refractivity contribution is 7.89. The summed E-state index contributed by atoms with van der Waals surface area (Å²) in [4.78, 5) is 0.261. The van der Waals surface area contributed by atoms with Crippen LogP contribution >= 0.6 is 12.4 Å². The minimum Gasteiger partial charge on any atom is -0.496 e. The molecule has 7 heteroatoms. The highest BCUT2D eigenvalue weighted by Crippen LogP contribution is 2.20. The van der Waals surface area contributed by atoms with Crippen molar-refractivity contribution in [3.05, 3.63) is 23.8 Å². The van der Waals surface area contributed by atoms with Gasteiger partial charge in [0.2, 0.25) is 10.0 Å². The van der Waals surface area contributed by atoms with Crippen LogP contribution < -0.4 is 14.8 Å². The average molecular weight is 309 g/mol. The first-order valence-corrected chi connectivity index (χ1v) is 7.34. The monoisotopic (exact) mass is 308 g/mol. The summed E-state index contributed by atoms with van der Waals surface area (Å²) in [7, 11) is -1.87. The molecular weight excluding hydrogens is 288 g/mol.